The van der Waals surface area contributed by atoms with E-state index in [9.17, 15) is 18.0 Å². The topological polar surface area (TPSA) is 17.1 Å². The molecule has 0 atom stereocenters. The maximum Gasteiger partial charge on any atom is 0.417 e. The van der Waals surface area contributed by atoms with Crippen LogP contribution in [0.25, 0.3) is 0 Å². The van der Waals surface area contributed by atoms with Crippen molar-refractivity contribution in [3.05, 3.63) is 45.4 Å². The van der Waals surface area contributed by atoms with Gasteiger partial charge in [0.1, 0.15) is 0 Å². The zero-order valence-electron chi connectivity index (χ0n) is 10.8. The average molecular weight is 347 g/mol. The van der Waals surface area contributed by atoms with Crippen LogP contribution in [-0.2, 0) is 6.18 Å². The van der Waals surface area contributed by atoms with E-state index in [1.54, 1.807) is 6.08 Å². The summed E-state index contributed by atoms with van der Waals surface area (Å²) >= 11 is 3.02. The number of allylic oxidation sites excluding steroid dienone is 2. The predicted octanol–water partition coefficient (Wildman–Crippen LogP) is 5.54. The molecule has 0 heterocycles. The van der Waals surface area contributed by atoms with Gasteiger partial charge in [0.05, 0.1) is 5.56 Å². The van der Waals surface area contributed by atoms with Gasteiger partial charge in [-0.05, 0) is 49.5 Å². The third-order valence-corrected chi connectivity index (χ3v) is 3.86. The molecule has 0 unspecified atom stereocenters. The first-order valence-electron chi connectivity index (χ1n) is 6.50. The summed E-state index contributed by atoms with van der Waals surface area (Å²) in [5.41, 5.74) is -0.619. The van der Waals surface area contributed by atoms with Gasteiger partial charge in [0.2, 0.25) is 0 Å². The number of alkyl halides is 3. The molecule has 5 heteroatoms. The first kappa shape index (κ1) is 15.3. The van der Waals surface area contributed by atoms with Crippen LogP contribution in [0.15, 0.2) is 34.3 Å². The van der Waals surface area contributed by atoms with Gasteiger partial charge >= 0.3 is 6.18 Å². The Labute approximate surface area is 124 Å². The lowest BCUT2D eigenvalue weighted by Crippen LogP contribution is -2.14. The molecule has 0 saturated heterocycles. The fourth-order valence-corrected chi connectivity index (χ4v) is 2.70. The number of carbonyl (C=O) groups is 1. The summed E-state index contributed by atoms with van der Waals surface area (Å²) in [5, 5.41) is 0. The van der Waals surface area contributed by atoms with Crippen molar-refractivity contribution in [2.75, 3.05) is 0 Å². The van der Waals surface area contributed by atoms with E-state index in [-0.39, 0.29) is 5.56 Å². The number of carbonyl (C=O) groups excluding carboxylic acids is 1. The van der Waals surface area contributed by atoms with E-state index >= 15 is 0 Å². The van der Waals surface area contributed by atoms with Crippen LogP contribution in [0.2, 0.25) is 0 Å². The minimum Gasteiger partial charge on any atom is -0.289 e. The lowest BCUT2D eigenvalue weighted by atomic mass is 9.95. The van der Waals surface area contributed by atoms with Crippen molar-refractivity contribution >= 4 is 21.7 Å². The molecule has 2 rings (SSSR count). The van der Waals surface area contributed by atoms with Crippen molar-refractivity contribution in [3.63, 3.8) is 0 Å². The van der Waals surface area contributed by atoms with Gasteiger partial charge in [-0.15, -0.1) is 0 Å². The highest BCUT2D eigenvalue weighted by Gasteiger charge is 2.35. The number of hydrogen-bond donors (Lipinski definition) is 0. The SMILES string of the molecule is O=C(C1=CCCCCC1)c1ccc(Br)cc1C(F)(F)F. The van der Waals surface area contributed by atoms with Crippen molar-refractivity contribution in [2.45, 2.75) is 38.3 Å². The molecule has 0 aliphatic heterocycles. The van der Waals surface area contributed by atoms with Crippen LogP contribution < -0.4 is 0 Å². The van der Waals surface area contributed by atoms with Gasteiger partial charge in [0.15, 0.2) is 5.78 Å². The van der Waals surface area contributed by atoms with E-state index in [0.29, 0.717) is 16.5 Å². The highest BCUT2D eigenvalue weighted by Crippen LogP contribution is 2.35. The largest absolute Gasteiger partial charge is 0.417 e. The second-order valence-corrected chi connectivity index (χ2v) is 5.76. The molecule has 0 N–H and O–H groups in total. The summed E-state index contributed by atoms with van der Waals surface area (Å²) in [6, 6.07) is 3.69. The highest BCUT2D eigenvalue weighted by atomic mass is 79.9. The van der Waals surface area contributed by atoms with Crippen molar-refractivity contribution < 1.29 is 18.0 Å². The quantitative estimate of drug-likeness (QED) is 0.642. The Balaban J connectivity index is 2.41. The van der Waals surface area contributed by atoms with Crippen LogP contribution in [0.3, 0.4) is 0 Å². The molecule has 1 aliphatic carbocycles. The van der Waals surface area contributed by atoms with Crippen LogP contribution in [0.4, 0.5) is 13.2 Å². The number of ketones is 1. The lowest BCUT2D eigenvalue weighted by Gasteiger charge is -2.13. The third-order valence-electron chi connectivity index (χ3n) is 3.36. The Morgan fingerprint density at radius 1 is 1.15 bits per heavy atom. The summed E-state index contributed by atoms with van der Waals surface area (Å²) in [5.74, 6) is -0.494. The Morgan fingerprint density at radius 2 is 1.90 bits per heavy atom. The average Bonchev–Trinajstić information content (AvgIpc) is 2.65. The molecule has 1 nitrogen and oxygen atoms in total. The van der Waals surface area contributed by atoms with E-state index in [1.165, 1.54) is 12.1 Å². The molecule has 0 spiro atoms. The van der Waals surface area contributed by atoms with Crippen LogP contribution in [0.1, 0.15) is 48.0 Å². The summed E-state index contributed by atoms with van der Waals surface area (Å²) in [4.78, 5) is 12.3. The van der Waals surface area contributed by atoms with Gasteiger partial charge in [0.25, 0.3) is 0 Å². The third kappa shape index (κ3) is 3.51. The normalized spacial score (nSPS) is 16.5. The molecule has 108 valence electrons. The molecule has 1 aromatic carbocycles. The molecule has 20 heavy (non-hydrogen) atoms. The molecular weight excluding hydrogens is 333 g/mol. The van der Waals surface area contributed by atoms with E-state index in [2.05, 4.69) is 15.9 Å². The summed E-state index contributed by atoms with van der Waals surface area (Å²) < 4.78 is 39.4. The minimum atomic E-state index is -4.53. The Morgan fingerprint density at radius 3 is 2.60 bits per heavy atom. The maximum absolute atomic E-state index is 13.0. The fraction of sp³-hybridized carbons (Fsp3) is 0.400. The molecule has 0 bridgehead atoms. The Kier molecular flexibility index (Phi) is 4.68. The number of benzene rings is 1. The Hall–Kier alpha value is -1.10. The van der Waals surface area contributed by atoms with Gasteiger partial charge in [0, 0.05) is 10.0 Å². The fourth-order valence-electron chi connectivity index (χ4n) is 2.34. The van der Waals surface area contributed by atoms with Crippen molar-refractivity contribution in [2.24, 2.45) is 0 Å². The molecule has 0 saturated carbocycles. The number of Topliss-reactive ketones (excluding diaryl/α,β-unsaturated/α-hetero) is 1. The van der Waals surface area contributed by atoms with Crippen molar-refractivity contribution in [3.8, 4) is 0 Å². The molecule has 1 aliphatic rings. The Bertz CT molecular complexity index is 547. The smallest absolute Gasteiger partial charge is 0.289 e. The van der Waals surface area contributed by atoms with Gasteiger partial charge in [-0.25, -0.2) is 0 Å². The lowest BCUT2D eigenvalue weighted by molar-refractivity contribution is -0.137. The summed E-state index contributed by atoms with van der Waals surface area (Å²) in [6.45, 7) is 0. The molecule has 1 aromatic rings. The number of hydrogen-bond acceptors (Lipinski definition) is 1. The van der Waals surface area contributed by atoms with Crippen LogP contribution in [-0.4, -0.2) is 5.78 Å². The van der Waals surface area contributed by atoms with E-state index in [1.807, 2.05) is 0 Å². The van der Waals surface area contributed by atoms with Crippen molar-refractivity contribution in [1.82, 2.24) is 0 Å². The molecule has 0 amide bonds. The molecule has 0 aromatic heterocycles. The van der Waals surface area contributed by atoms with Crippen molar-refractivity contribution in [1.29, 1.82) is 0 Å². The number of halogens is 4. The van der Waals surface area contributed by atoms with Crippen LogP contribution >= 0.6 is 15.9 Å². The van der Waals surface area contributed by atoms with Crippen LogP contribution in [0, 0.1) is 0 Å². The maximum atomic E-state index is 13.0. The molecule has 0 fully saturated rings. The standard InChI is InChI=1S/C15H14BrF3O/c16-11-7-8-12(13(9-11)15(17,18)19)14(20)10-5-3-1-2-4-6-10/h5,7-9H,1-4,6H2. The number of rotatable bonds is 2. The van der Waals surface area contributed by atoms with E-state index in [0.717, 1.165) is 31.7 Å². The zero-order valence-corrected chi connectivity index (χ0v) is 12.4. The minimum absolute atomic E-state index is 0.256. The zero-order chi connectivity index (χ0) is 14.8. The highest BCUT2D eigenvalue weighted by molar-refractivity contribution is 9.10. The first-order chi connectivity index (χ1) is 9.39. The van der Waals surface area contributed by atoms with Crippen LogP contribution in [0.5, 0.6) is 0 Å². The second-order valence-electron chi connectivity index (χ2n) is 4.85. The van der Waals surface area contributed by atoms with Gasteiger partial charge < -0.3 is 0 Å². The predicted molar refractivity (Wildman–Crippen MR) is 74.6 cm³/mol. The molecular formula is C15H14BrF3O. The summed E-state index contributed by atoms with van der Waals surface area (Å²) in [7, 11) is 0. The monoisotopic (exact) mass is 346 g/mol. The van der Waals surface area contributed by atoms with Gasteiger partial charge in [-0.1, -0.05) is 28.4 Å². The van der Waals surface area contributed by atoms with Gasteiger partial charge in [-0.3, -0.25) is 4.79 Å². The van der Waals surface area contributed by atoms with E-state index < -0.39 is 17.5 Å². The second kappa shape index (κ2) is 6.12. The first-order valence-corrected chi connectivity index (χ1v) is 7.29. The van der Waals surface area contributed by atoms with Gasteiger partial charge in [-0.2, -0.15) is 13.2 Å². The molecule has 0 radical (unpaired) electrons. The summed E-state index contributed by atoms with van der Waals surface area (Å²) in [6.07, 6.45) is 1.45. The van der Waals surface area contributed by atoms with E-state index in [4.69, 9.17) is 0 Å².